The van der Waals surface area contributed by atoms with E-state index in [1.807, 2.05) is 6.92 Å². The lowest BCUT2D eigenvalue weighted by molar-refractivity contribution is 0.403. The zero-order valence-electron chi connectivity index (χ0n) is 10.4. The Labute approximate surface area is 110 Å². The summed E-state index contributed by atoms with van der Waals surface area (Å²) < 4.78 is 14.3. The molecule has 0 aliphatic heterocycles. The van der Waals surface area contributed by atoms with E-state index in [1.165, 1.54) is 6.07 Å². The first-order valence-corrected chi connectivity index (χ1v) is 6.45. The van der Waals surface area contributed by atoms with Gasteiger partial charge in [0.25, 0.3) is 0 Å². The number of hydrogen-bond acceptors (Lipinski definition) is 3. The van der Waals surface area contributed by atoms with Crippen LogP contribution in [-0.4, -0.2) is 17.1 Å². The van der Waals surface area contributed by atoms with Gasteiger partial charge in [0, 0.05) is 22.8 Å². The molecule has 1 atom stereocenters. The van der Waals surface area contributed by atoms with Gasteiger partial charge in [0.1, 0.15) is 0 Å². The summed E-state index contributed by atoms with van der Waals surface area (Å²) in [7, 11) is 0. The lowest BCUT2D eigenvalue weighted by Gasteiger charge is -2.31. The maximum Gasteiger partial charge on any atom is 0.166 e. The van der Waals surface area contributed by atoms with Crippen LogP contribution in [0.5, 0.6) is 0 Å². The van der Waals surface area contributed by atoms with Gasteiger partial charge in [0.2, 0.25) is 0 Å². The second-order valence-corrected chi connectivity index (χ2v) is 5.89. The Balaban J connectivity index is 2.87. The predicted molar refractivity (Wildman–Crippen MR) is 72.4 cm³/mol. The number of hydrogen-bond donors (Lipinski definition) is 2. The normalized spacial score (nSPS) is 14.8. The molecule has 1 unspecified atom stereocenters. The molecule has 0 spiro atoms. The Bertz CT molecular complexity index is 384. The largest absolute Gasteiger partial charge is 0.361 e. The van der Waals surface area contributed by atoms with E-state index in [9.17, 15) is 4.39 Å². The molecule has 1 rings (SSSR count). The second kappa shape index (κ2) is 5.78. The highest BCUT2D eigenvalue weighted by Gasteiger charge is 2.25. The van der Waals surface area contributed by atoms with Gasteiger partial charge in [-0.3, -0.25) is 0 Å². The van der Waals surface area contributed by atoms with Crippen LogP contribution in [0.4, 0.5) is 10.2 Å². The van der Waals surface area contributed by atoms with Crippen molar-refractivity contribution in [2.45, 2.75) is 32.7 Å². The molecule has 1 heterocycles. The maximum absolute atomic E-state index is 13.7. The molecule has 3 nitrogen and oxygen atoms in total. The molecule has 0 radical (unpaired) electrons. The van der Waals surface area contributed by atoms with Gasteiger partial charge in [-0.15, -0.1) is 0 Å². The molecule has 0 aromatic carbocycles. The van der Waals surface area contributed by atoms with Gasteiger partial charge in [-0.1, -0.05) is 13.8 Å². The first kappa shape index (κ1) is 14.4. The molecule has 96 valence electrons. The summed E-state index contributed by atoms with van der Waals surface area (Å²) >= 11 is 3.18. The van der Waals surface area contributed by atoms with Gasteiger partial charge in [-0.05, 0) is 41.3 Å². The number of aromatic nitrogens is 1. The van der Waals surface area contributed by atoms with E-state index in [1.54, 1.807) is 6.20 Å². The Morgan fingerprint density at radius 2 is 2.24 bits per heavy atom. The van der Waals surface area contributed by atoms with E-state index in [4.69, 9.17) is 5.73 Å². The number of rotatable bonds is 5. The summed E-state index contributed by atoms with van der Waals surface area (Å²) in [6.07, 6.45) is 2.43. The van der Waals surface area contributed by atoms with Crippen molar-refractivity contribution in [2.75, 3.05) is 11.9 Å². The minimum atomic E-state index is -0.372. The molecule has 0 bridgehead atoms. The molecular weight excluding hydrogens is 285 g/mol. The van der Waals surface area contributed by atoms with Crippen molar-refractivity contribution in [2.24, 2.45) is 11.7 Å². The molecule has 1 aromatic heterocycles. The summed E-state index contributed by atoms with van der Waals surface area (Å²) in [5.74, 6) is 0.360. The molecular formula is C12H19BrFN3. The molecule has 0 fully saturated rings. The molecule has 0 aliphatic carbocycles. The minimum Gasteiger partial charge on any atom is -0.361 e. The Morgan fingerprint density at radius 1 is 1.59 bits per heavy atom. The van der Waals surface area contributed by atoms with Crippen molar-refractivity contribution in [1.29, 1.82) is 0 Å². The SMILES string of the molecule is CC(C)CC(C)(CN)Nc1ncc(Br)cc1F. The number of anilines is 1. The summed E-state index contributed by atoms with van der Waals surface area (Å²) in [6.45, 7) is 6.64. The predicted octanol–water partition coefficient (Wildman–Crippen LogP) is 3.16. The third-order valence-electron chi connectivity index (χ3n) is 2.54. The fourth-order valence-electron chi connectivity index (χ4n) is 1.88. The first-order valence-electron chi connectivity index (χ1n) is 5.65. The summed E-state index contributed by atoms with van der Waals surface area (Å²) in [6, 6.07) is 1.39. The molecule has 5 heteroatoms. The molecule has 3 N–H and O–H groups in total. The zero-order valence-corrected chi connectivity index (χ0v) is 12.0. The number of nitrogens with one attached hydrogen (secondary N) is 1. The number of pyridine rings is 1. The third kappa shape index (κ3) is 4.24. The van der Waals surface area contributed by atoms with Crippen LogP contribution in [-0.2, 0) is 0 Å². The molecule has 0 saturated carbocycles. The summed E-state index contributed by atoms with van der Waals surface area (Å²) in [5.41, 5.74) is 5.42. The van der Waals surface area contributed by atoms with Crippen LogP contribution in [0.1, 0.15) is 27.2 Å². The van der Waals surface area contributed by atoms with Crippen molar-refractivity contribution >= 4 is 21.7 Å². The Hall–Kier alpha value is -0.680. The third-order valence-corrected chi connectivity index (χ3v) is 2.97. The van der Waals surface area contributed by atoms with E-state index in [2.05, 4.69) is 40.1 Å². The number of nitrogens with two attached hydrogens (primary N) is 1. The van der Waals surface area contributed by atoms with Crippen molar-refractivity contribution in [3.8, 4) is 0 Å². The molecule has 17 heavy (non-hydrogen) atoms. The smallest absolute Gasteiger partial charge is 0.166 e. The van der Waals surface area contributed by atoms with Gasteiger partial charge in [0.15, 0.2) is 11.6 Å². The fraction of sp³-hybridized carbons (Fsp3) is 0.583. The molecule has 0 aliphatic rings. The van der Waals surface area contributed by atoms with Gasteiger partial charge < -0.3 is 11.1 Å². The monoisotopic (exact) mass is 303 g/mol. The van der Waals surface area contributed by atoms with Crippen LogP contribution in [0.2, 0.25) is 0 Å². The van der Waals surface area contributed by atoms with E-state index >= 15 is 0 Å². The summed E-state index contributed by atoms with van der Waals surface area (Å²) in [4.78, 5) is 4.03. The van der Waals surface area contributed by atoms with Crippen LogP contribution in [0.15, 0.2) is 16.7 Å². The van der Waals surface area contributed by atoms with Crippen LogP contribution < -0.4 is 11.1 Å². The van der Waals surface area contributed by atoms with Crippen LogP contribution in [0, 0.1) is 11.7 Å². The van der Waals surface area contributed by atoms with Crippen LogP contribution >= 0.6 is 15.9 Å². The lowest BCUT2D eigenvalue weighted by Crippen LogP contribution is -2.44. The standard InChI is InChI=1S/C12H19BrFN3/c1-8(2)5-12(3,7-15)17-11-10(14)4-9(13)6-16-11/h4,6,8H,5,7,15H2,1-3H3,(H,16,17). The highest BCUT2D eigenvalue weighted by atomic mass is 79.9. The van der Waals surface area contributed by atoms with Gasteiger partial charge in [-0.2, -0.15) is 0 Å². The van der Waals surface area contributed by atoms with Gasteiger partial charge in [0.05, 0.1) is 0 Å². The number of nitrogens with zero attached hydrogens (tertiary/aromatic N) is 1. The van der Waals surface area contributed by atoms with E-state index in [0.29, 0.717) is 16.9 Å². The zero-order chi connectivity index (χ0) is 13.1. The molecule has 0 saturated heterocycles. The lowest BCUT2D eigenvalue weighted by atomic mass is 9.91. The van der Waals surface area contributed by atoms with Gasteiger partial charge >= 0.3 is 0 Å². The molecule has 1 aromatic rings. The topological polar surface area (TPSA) is 50.9 Å². The van der Waals surface area contributed by atoms with Crippen LogP contribution in [0.3, 0.4) is 0 Å². The quantitative estimate of drug-likeness (QED) is 0.878. The first-order chi connectivity index (χ1) is 7.86. The van der Waals surface area contributed by atoms with Crippen LogP contribution in [0.25, 0.3) is 0 Å². The Morgan fingerprint density at radius 3 is 2.71 bits per heavy atom. The minimum absolute atomic E-state index is 0.252. The highest BCUT2D eigenvalue weighted by Crippen LogP contribution is 2.23. The highest BCUT2D eigenvalue weighted by molar-refractivity contribution is 9.10. The van der Waals surface area contributed by atoms with Crippen molar-refractivity contribution < 1.29 is 4.39 Å². The van der Waals surface area contributed by atoms with Crippen molar-refractivity contribution in [3.05, 3.63) is 22.6 Å². The van der Waals surface area contributed by atoms with E-state index in [0.717, 1.165) is 6.42 Å². The maximum atomic E-state index is 13.7. The second-order valence-electron chi connectivity index (χ2n) is 4.97. The average molecular weight is 304 g/mol. The van der Waals surface area contributed by atoms with Crippen molar-refractivity contribution in [1.82, 2.24) is 4.98 Å². The Kier molecular flexibility index (Phi) is 4.89. The van der Waals surface area contributed by atoms with Crippen molar-refractivity contribution in [3.63, 3.8) is 0 Å². The van der Waals surface area contributed by atoms with E-state index in [-0.39, 0.29) is 17.2 Å². The number of halogens is 2. The summed E-state index contributed by atoms with van der Waals surface area (Å²) in [5, 5.41) is 3.10. The van der Waals surface area contributed by atoms with E-state index < -0.39 is 0 Å². The fourth-order valence-corrected chi connectivity index (χ4v) is 2.18. The van der Waals surface area contributed by atoms with Gasteiger partial charge in [-0.25, -0.2) is 9.37 Å². The molecule has 0 amide bonds. The average Bonchev–Trinajstić information content (AvgIpc) is 2.21.